The van der Waals surface area contributed by atoms with Crippen molar-refractivity contribution in [2.75, 3.05) is 6.61 Å². The highest BCUT2D eigenvalue weighted by Crippen LogP contribution is 2.22. The van der Waals surface area contributed by atoms with Gasteiger partial charge in [0.05, 0.1) is 10.6 Å². The number of ether oxygens (including phenoxy) is 1. The first-order valence-electron chi connectivity index (χ1n) is 7.31. The fourth-order valence-corrected chi connectivity index (χ4v) is 2.73. The second-order valence-corrected chi connectivity index (χ2v) is 5.71. The Morgan fingerprint density at radius 2 is 2.05 bits per heavy atom. The van der Waals surface area contributed by atoms with Gasteiger partial charge in [0.1, 0.15) is 11.8 Å². The van der Waals surface area contributed by atoms with Gasteiger partial charge >= 0.3 is 0 Å². The average Bonchev–Trinajstić information content (AvgIpc) is 2.74. The zero-order valence-electron chi connectivity index (χ0n) is 11.9. The van der Waals surface area contributed by atoms with Crippen LogP contribution in [-0.2, 0) is 4.79 Å². The van der Waals surface area contributed by atoms with Crippen LogP contribution in [0.2, 0.25) is 5.02 Å². The van der Waals surface area contributed by atoms with Crippen molar-refractivity contribution in [2.24, 2.45) is 0 Å². The third kappa shape index (κ3) is 4.95. The van der Waals surface area contributed by atoms with E-state index in [0.717, 1.165) is 12.8 Å². The molecule has 0 atom stereocenters. The lowest BCUT2D eigenvalue weighted by molar-refractivity contribution is -0.123. The van der Waals surface area contributed by atoms with Gasteiger partial charge in [0.25, 0.3) is 5.91 Å². The van der Waals surface area contributed by atoms with Gasteiger partial charge in [0, 0.05) is 12.1 Å². The monoisotopic (exact) mass is 306 g/mol. The largest absolute Gasteiger partial charge is 0.484 e. The second kappa shape index (κ2) is 7.90. The van der Waals surface area contributed by atoms with Gasteiger partial charge in [-0.25, -0.2) is 0 Å². The van der Waals surface area contributed by atoms with Crippen LogP contribution in [0.5, 0.6) is 5.75 Å². The van der Waals surface area contributed by atoms with Crippen LogP contribution in [0.1, 0.15) is 44.1 Å². The number of carbonyl (C=O) groups excluding carboxylic acids is 1. The summed E-state index contributed by atoms with van der Waals surface area (Å²) in [4.78, 5) is 11.9. The van der Waals surface area contributed by atoms with E-state index in [4.69, 9.17) is 21.6 Å². The second-order valence-electron chi connectivity index (χ2n) is 5.30. The molecule has 1 aromatic rings. The fourth-order valence-electron chi connectivity index (χ4n) is 2.52. The maximum absolute atomic E-state index is 11.9. The Morgan fingerprint density at radius 1 is 1.33 bits per heavy atom. The SMILES string of the molecule is N#Cc1ccc(OCC(=O)NC2CCCCCC2)cc1Cl. The molecule has 1 aliphatic carbocycles. The molecule has 2 rings (SSSR count). The summed E-state index contributed by atoms with van der Waals surface area (Å²) < 4.78 is 5.42. The summed E-state index contributed by atoms with van der Waals surface area (Å²) in [6.07, 6.45) is 6.97. The van der Waals surface area contributed by atoms with E-state index in [0.29, 0.717) is 16.3 Å². The minimum Gasteiger partial charge on any atom is -0.484 e. The Bertz CT molecular complexity index is 532. The Hall–Kier alpha value is -1.73. The lowest BCUT2D eigenvalue weighted by Crippen LogP contribution is -2.37. The first-order chi connectivity index (χ1) is 10.2. The number of nitrogens with one attached hydrogen (secondary N) is 1. The van der Waals surface area contributed by atoms with Gasteiger partial charge in [-0.05, 0) is 25.0 Å². The molecule has 21 heavy (non-hydrogen) atoms. The third-order valence-corrected chi connectivity index (χ3v) is 3.96. The number of nitrogens with zero attached hydrogens (tertiary/aromatic N) is 1. The van der Waals surface area contributed by atoms with E-state index < -0.39 is 0 Å². The summed E-state index contributed by atoms with van der Waals surface area (Å²) in [6, 6.07) is 7.03. The number of halogens is 1. The lowest BCUT2D eigenvalue weighted by atomic mass is 10.1. The zero-order chi connectivity index (χ0) is 15.1. The maximum Gasteiger partial charge on any atom is 0.258 e. The molecule has 0 radical (unpaired) electrons. The van der Waals surface area contributed by atoms with E-state index in [1.165, 1.54) is 25.7 Å². The van der Waals surface area contributed by atoms with E-state index >= 15 is 0 Å². The molecular weight excluding hydrogens is 288 g/mol. The molecule has 0 aromatic heterocycles. The fraction of sp³-hybridized carbons (Fsp3) is 0.500. The van der Waals surface area contributed by atoms with Gasteiger partial charge in [-0.1, -0.05) is 37.3 Å². The van der Waals surface area contributed by atoms with Crippen molar-refractivity contribution in [3.05, 3.63) is 28.8 Å². The highest BCUT2D eigenvalue weighted by molar-refractivity contribution is 6.31. The van der Waals surface area contributed by atoms with Crippen LogP contribution in [0, 0.1) is 11.3 Å². The highest BCUT2D eigenvalue weighted by Gasteiger charge is 2.15. The van der Waals surface area contributed by atoms with Crippen LogP contribution in [0.15, 0.2) is 18.2 Å². The van der Waals surface area contributed by atoms with Gasteiger partial charge in [0.15, 0.2) is 6.61 Å². The van der Waals surface area contributed by atoms with Gasteiger partial charge in [-0.3, -0.25) is 4.79 Å². The number of carbonyl (C=O) groups is 1. The highest BCUT2D eigenvalue weighted by atomic mass is 35.5. The normalized spacial score (nSPS) is 15.8. The quantitative estimate of drug-likeness (QED) is 0.867. The molecule has 5 heteroatoms. The predicted molar refractivity (Wildman–Crippen MR) is 81.3 cm³/mol. The van der Waals surface area contributed by atoms with E-state index in [1.807, 2.05) is 6.07 Å². The summed E-state index contributed by atoms with van der Waals surface area (Å²) in [6.45, 7) is -0.0290. The van der Waals surface area contributed by atoms with Crippen LogP contribution < -0.4 is 10.1 Å². The molecule has 0 spiro atoms. The topological polar surface area (TPSA) is 62.1 Å². The van der Waals surface area contributed by atoms with Crippen LogP contribution in [-0.4, -0.2) is 18.6 Å². The van der Waals surface area contributed by atoms with Crippen molar-refractivity contribution in [3.63, 3.8) is 0 Å². The number of nitriles is 1. The molecular formula is C16H19ClN2O2. The van der Waals surface area contributed by atoms with E-state index in [-0.39, 0.29) is 18.6 Å². The number of amides is 1. The average molecular weight is 307 g/mol. The van der Waals surface area contributed by atoms with Crippen molar-refractivity contribution >= 4 is 17.5 Å². The first kappa shape index (κ1) is 15.7. The molecule has 4 nitrogen and oxygen atoms in total. The van der Waals surface area contributed by atoms with Crippen molar-refractivity contribution in [1.82, 2.24) is 5.32 Å². The van der Waals surface area contributed by atoms with Crippen LogP contribution in [0.25, 0.3) is 0 Å². The molecule has 1 saturated carbocycles. The molecule has 1 aromatic carbocycles. The Balaban J connectivity index is 1.80. The van der Waals surface area contributed by atoms with Crippen LogP contribution in [0.3, 0.4) is 0 Å². The van der Waals surface area contributed by atoms with Gasteiger partial charge in [0.2, 0.25) is 0 Å². The summed E-state index contributed by atoms with van der Waals surface area (Å²) in [5.41, 5.74) is 0.395. The van der Waals surface area contributed by atoms with Crippen molar-refractivity contribution in [1.29, 1.82) is 5.26 Å². The number of hydrogen-bond donors (Lipinski definition) is 1. The maximum atomic E-state index is 11.9. The third-order valence-electron chi connectivity index (χ3n) is 3.65. The molecule has 0 saturated heterocycles. The number of benzene rings is 1. The van der Waals surface area contributed by atoms with Gasteiger partial charge < -0.3 is 10.1 Å². The van der Waals surface area contributed by atoms with E-state index in [1.54, 1.807) is 18.2 Å². The minimum atomic E-state index is -0.109. The molecule has 0 heterocycles. The molecule has 1 amide bonds. The Kier molecular flexibility index (Phi) is 5.89. The first-order valence-corrected chi connectivity index (χ1v) is 7.68. The van der Waals surface area contributed by atoms with Crippen LogP contribution in [0.4, 0.5) is 0 Å². The van der Waals surface area contributed by atoms with E-state index in [2.05, 4.69) is 5.32 Å². The summed E-state index contributed by atoms with van der Waals surface area (Å²) in [7, 11) is 0. The van der Waals surface area contributed by atoms with Crippen molar-refractivity contribution in [2.45, 2.75) is 44.6 Å². The Morgan fingerprint density at radius 3 is 2.67 bits per heavy atom. The molecule has 0 bridgehead atoms. The predicted octanol–water partition coefficient (Wildman–Crippen LogP) is 3.43. The Labute approximate surface area is 130 Å². The molecule has 112 valence electrons. The van der Waals surface area contributed by atoms with Crippen molar-refractivity contribution in [3.8, 4) is 11.8 Å². The lowest BCUT2D eigenvalue weighted by Gasteiger charge is -2.16. The summed E-state index contributed by atoms with van der Waals surface area (Å²) in [5, 5.41) is 12.1. The van der Waals surface area contributed by atoms with Gasteiger partial charge in [-0.15, -0.1) is 0 Å². The summed E-state index contributed by atoms with van der Waals surface area (Å²) >= 11 is 5.92. The molecule has 1 fully saturated rings. The summed E-state index contributed by atoms with van der Waals surface area (Å²) in [5.74, 6) is 0.386. The standard InChI is InChI=1S/C16H19ClN2O2/c17-15-9-14(8-7-12(15)10-18)21-11-16(20)19-13-5-3-1-2-4-6-13/h7-9,13H,1-6,11H2,(H,19,20). The molecule has 0 unspecified atom stereocenters. The van der Waals surface area contributed by atoms with Gasteiger partial charge in [-0.2, -0.15) is 5.26 Å². The molecule has 1 aliphatic rings. The van der Waals surface area contributed by atoms with Crippen LogP contribution >= 0.6 is 11.6 Å². The smallest absolute Gasteiger partial charge is 0.258 e. The van der Waals surface area contributed by atoms with E-state index in [9.17, 15) is 4.79 Å². The zero-order valence-corrected chi connectivity index (χ0v) is 12.7. The molecule has 1 N–H and O–H groups in total. The molecule has 0 aliphatic heterocycles. The minimum absolute atomic E-state index is 0.0290. The van der Waals surface area contributed by atoms with Crippen molar-refractivity contribution < 1.29 is 9.53 Å². The number of hydrogen-bond acceptors (Lipinski definition) is 3. The number of rotatable bonds is 4.